The molecule has 1 aromatic heterocycles. The third kappa shape index (κ3) is 4.60. The molecule has 1 amide bonds. The van der Waals surface area contributed by atoms with Gasteiger partial charge in [-0.3, -0.25) is 10.1 Å². The number of nitrogens with one attached hydrogen (secondary N) is 1. The summed E-state index contributed by atoms with van der Waals surface area (Å²) in [7, 11) is 0. The van der Waals surface area contributed by atoms with Crippen molar-refractivity contribution in [3.8, 4) is 5.75 Å². The van der Waals surface area contributed by atoms with Gasteiger partial charge in [-0.25, -0.2) is 4.98 Å². The molecule has 5 nitrogen and oxygen atoms in total. The van der Waals surface area contributed by atoms with Gasteiger partial charge in [0.25, 0.3) is 5.91 Å². The number of hydrogen-bond donors (Lipinski definition) is 2. The van der Waals surface area contributed by atoms with Crippen LogP contribution in [0.15, 0.2) is 24.3 Å². The number of hydrogen-bond acceptors (Lipinski definition) is 5. The zero-order chi connectivity index (χ0) is 16.4. The summed E-state index contributed by atoms with van der Waals surface area (Å²) in [4.78, 5) is 17.9. The summed E-state index contributed by atoms with van der Waals surface area (Å²) in [6.07, 6.45) is 2.00. The fraction of sp³-hybridized carbons (Fsp3) is 0.375. The molecule has 1 aliphatic carbocycles. The van der Waals surface area contributed by atoms with Crippen molar-refractivity contribution >= 4 is 46.4 Å². The van der Waals surface area contributed by atoms with E-state index in [1.807, 2.05) is 0 Å². The van der Waals surface area contributed by atoms with Crippen LogP contribution in [-0.2, 0) is 17.6 Å². The van der Waals surface area contributed by atoms with E-state index in [1.54, 1.807) is 31.2 Å². The van der Waals surface area contributed by atoms with Crippen LogP contribution in [0.1, 0.15) is 23.9 Å². The van der Waals surface area contributed by atoms with E-state index in [2.05, 4.69) is 10.3 Å². The Morgan fingerprint density at radius 3 is 3.08 bits per heavy atom. The van der Waals surface area contributed by atoms with E-state index < -0.39 is 6.10 Å². The lowest BCUT2D eigenvalue weighted by Gasteiger charge is -2.15. The fourth-order valence-electron chi connectivity index (χ4n) is 2.46. The van der Waals surface area contributed by atoms with Gasteiger partial charge in [-0.1, -0.05) is 17.7 Å². The summed E-state index contributed by atoms with van der Waals surface area (Å²) in [5.41, 5.74) is 7.02. The van der Waals surface area contributed by atoms with Crippen molar-refractivity contribution < 1.29 is 9.53 Å². The van der Waals surface area contributed by atoms with Crippen molar-refractivity contribution in [2.75, 3.05) is 5.32 Å². The second kappa shape index (κ2) is 8.16. The summed E-state index contributed by atoms with van der Waals surface area (Å²) in [6, 6.07) is 7.16. The number of thiazole rings is 1. The molecule has 0 spiro atoms. The number of nitrogens with two attached hydrogens (primary N) is 1. The quantitative estimate of drug-likeness (QED) is 0.841. The van der Waals surface area contributed by atoms with Crippen LogP contribution in [0.25, 0.3) is 0 Å². The number of halogens is 2. The van der Waals surface area contributed by atoms with Gasteiger partial charge in [0.15, 0.2) is 11.2 Å². The molecule has 0 saturated heterocycles. The second-order valence-electron chi connectivity index (χ2n) is 5.60. The van der Waals surface area contributed by atoms with Crippen LogP contribution in [-0.4, -0.2) is 23.0 Å². The number of fused-ring (bicyclic) bond motifs is 1. The highest BCUT2D eigenvalue weighted by Crippen LogP contribution is 2.29. The van der Waals surface area contributed by atoms with Gasteiger partial charge < -0.3 is 10.5 Å². The normalized spacial score (nSPS) is 17.4. The first-order valence-electron chi connectivity index (χ1n) is 7.48. The molecule has 130 valence electrons. The van der Waals surface area contributed by atoms with Crippen LogP contribution >= 0.6 is 35.3 Å². The molecule has 0 radical (unpaired) electrons. The summed E-state index contributed by atoms with van der Waals surface area (Å²) in [5, 5.41) is 3.99. The lowest BCUT2D eigenvalue weighted by Crippen LogP contribution is -2.30. The standard InChI is InChI=1S/C16H18ClN3O2S.ClH/c1-9(22-12-4-2-3-10(17)7-12)15(21)20-16-19-13-6-5-11(18)8-14(13)23-16;/h2-4,7,9,11H,5-6,8,18H2,1H3,(H,19,20,21);1H/t9?,11-;/m0./s1. The molecule has 0 aliphatic heterocycles. The van der Waals surface area contributed by atoms with E-state index in [-0.39, 0.29) is 24.4 Å². The average molecular weight is 388 g/mol. The molecule has 1 aromatic carbocycles. The number of ether oxygens (including phenoxy) is 1. The van der Waals surface area contributed by atoms with E-state index in [1.165, 1.54) is 16.2 Å². The van der Waals surface area contributed by atoms with Gasteiger partial charge in [-0.2, -0.15) is 0 Å². The lowest BCUT2D eigenvalue weighted by molar-refractivity contribution is -0.122. The van der Waals surface area contributed by atoms with Gasteiger partial charge in [-0.05, 0) is 44.4 Å². The van der Waals surface area contributed by atoms with Crippen LogP contribution < -0.4 is 15.8 Å². The molecular formula is C16H19Cl2N3O2S. The number of rotatable bonds is 4. The molecule has 0 bridgehead atoms. The highest BCUT2D eigenvalue weighted by atomic mass is 35.5. The Bertz CT molecular complexity index is 723. The molecule has 1 aliphatic rings. The molecule has 0 fully saturated rings. The topological polar surface area (TPSA) is 77.2 Å². The van der Waals surface area contributed by atoms with Crippen molar-refractivity contribution in [2.45, 2.75) is 38.3 Å². The van der Waals surface area contributed by atoms with E-state index in [0.717, 1.165) is 25.0 Å². The first-order chi connectivity index (χ1) is 11.0. The summed E-state index contributed by atoms with van der Waals surface area (Å²) in [6.45, 7) is 1.69. The minimum absolute atomic E-state index is 0. The van der Waals surface area contributed by atoms with E-state index in [0.29, 0.717) is 15.9 Å². The van der Waals surface area contributed by atoms with E-state index in [9.17, 15) is 4.79 Å². The predicted octanol–water partition coefficient (Wildman–Crippen LogP) is 3.44. The first-order valence-corrected chi connectivity index (χ1v) is 8.68. The van der Waals surface area contributed by atoms with E-state index in [4.69, 9.17) is 22.1 Å². The number of aryl methyl sites for hydroxylation is 1. The Balaban J connectivity index is 0.00000208. The van der Waals surface area contributed by atoms with Gasteiger partial charge in [0, 0.05) is 15.9 Å². The summed E-state index contributed by atoms with van der Waals surface area (Å²) in [5.74, 6) is 0.324. The smallest absolute Gasteiger partial charge is 0.266 e. The van der Waals surface area contributed by atoms with E-state index >= 15 is 0 Å². The molecule has 1 heterocycles. The van der Waals surface area contributed by atoms with Gasteiger partial charge in [0.1, 0.15) is 5.75 Å². The minimum Gasteiger partial charge on any atom is -0.481 e. The Morgan fingerprint density at radius 2 is 2.33 bits per heavy atom. The molecule has 3 N–H and O–H groups in total. The molecular weight excluding hydrogens is 369 g/mol. The monoisotopic (exact) mass is 387 g/mol. The van der Waals surface area contributed by atoms with Gasteiger partial charge in [-0.15, -0.1) is 23.7 Å². The van der Waals surface area contributed by atoms with Crippen molar-refractivity contribution in [3.05, 3.63) is 39.9 Å². The van der Waals surface area contributed by atoms with Gasteiger partial charge >= 0.3 is 0 Å². The molecule has 3 rings (SSSR count). The lowest BCUT2D eigenvalue weighted by atomic mass is 9.99. The molecule has 0 saturated carbocycles. The van der Waals surface area contributed by atoms with Gasteiger partial charge in [0.05, 0.1) is 5.69 Å². The van der Waals surface area contributed by atoms with Crippen molar-refractivity contribution in [1.29, 1.82) is 0 Å². The van der Waals surface area contributed by atoms with Crippen LogP contribution in [0.4, 0.5) is 5.13 Å². The number of aromatic nitrogens is 1. The maximum atomic E-state index is 12.3. The van der Waals surface area contributed by atoms with Crippen molar-refractivity contribution in [3.63, 3.8) is 0 Å². The predicted molar refractivity (Wildman–Crippen MR) is 99.5 cm³/mol. The van der Waals surface area contributed by atoms with Crippen LogP contribution in [0, 0.1) is 0 Å². The van der Waals surface area contributed by atoms with Gasteiger partial charge in [0.2, 0.25) is 0 Å². The highest BCUT2D eigenvalue weighted by Gasteiger charge is 2.22. The SMILES string of the molecule is CC(Oc1cccc(Cl)c1)C(=O)Nc1nc2c(s1)C[C@@H](N)CC2.Cl. The first kappa shape index (κ1) is 19.0. The molecule has 2 atom stereocenters. The Morgan fingerprint density at radius 1 is 1.54 bits per heavy atom. The molecule has 8 heteroatoms. The fourth-order valence-corrected chi connectivity index (χ4v) is 3.74. The zero-order valence-electron chi connectivity index (χ0n) is 13.1. The minimum atomic E-state index is -0.642. The third-order valence-corrected chi connectivity index (χ3v) is 4.96. The largest absolute Gasteiger partial charge is 0.481 e. The number of benzene rings is 1. The van der Waals surface area contributed by atoms with Crippen LogP contribution in [0.3, 0.4) is 0 Å². The molecule has 2 aromatic rings. The second-order valence-corrected chi connectivity index (χ2v) is 7.12. The summed E-state index contributed by atoms with van der Waals surface area (Å²) >= 11 is 7.40. The van der Waals surface area contributed by atoms with Crippen LogP contribution in [0.5, 0.6) is 5.75 Å². The molecule has 1 unspecified atom stereocenters. The average Bonchev–Trinajstić information content (AvgIpc) is 2.88. The van der Waals surface area contributed by atoms with Crippen molar-refractivity contribution in [2.24, 2.45) is 5.73 Å². The number of anilines is 1. The maximum absolute atomic E-state index is 12.3. The van der Waals surface area contributed by atoms with Crippen molar-refractivity contribution in [1.82, 2.24) is 4.98 Å². The maximum Gasteiger partial charge on any atom is 0.266 e. The number of carbonyl (C=O) groups excluding carboxylic acids is 1. The van der Waals surface area contributed by atoms with Crippen LogP contribution in [0.2, 0.25) is 5.02 Å². The molecule has 24 heavy (non-hydrogen) atoms. The number of carbonyl (C=O) groups is 1. The Kier molecular flexibility index (Phi) is 6.46. The Hall–Kier alpha value is -1.34. The summed E-state index contributed by atoms with van der Waals surface area (Å²) < 4.78 is 5.61. The highest BCUT2D eigenvalue weighted by molar-refractivity contribution is 7.15. The third-order valence-electron chi connectivity index (χ3n) is 3.69. The Labute approximate surface area is 156 Å². The zero-order valence-corrected chi connectivity index (χ0v) is 15.5. The number of amides is 1. The number of nitrogens with zero attached hydrogens (tertiary/aromatic N) is 1.